The van der Waals surface area contributed by atoms with Crippen molar-refractivity contribution in [2.45, 2.75) is 11.3 Å². The summed E-state index contributed by atoms with van der Waals surface area (Å²) in [5, 5.41) is 0. The molecule has 1 aromatic carbocycles. The highest BCUT2D eigenvalue weighted by Crippen LogP contribution is 2.19. The molecule has 0 radical (unpaired) electrons. The van der Waals surface area contributed by atoms with Crippen molar-refractivity contribution in [1.29, 1.82) is 0 Å². The van der Waals surface area contributed by atoms with E-state index in [1.165, 1.54) is 6.07 Å². The molecule has 2 aromatic rings. The second kappa shape index (κ2) is 5.17. The molecule has 0 fully saturated rings. The predicted octanol–water partition coefficient (Wildman–Crippen LogP) is 2.68. The third kappa shape index (κ3) is 3.16. The fourth-order valence-electron chi connectivity index (χ4n) is 1.63. The summed E-state index contributed by atoms with van der Waals surface area (Å²) in [6, 6.07) is 9.99. The number of hydrogen-bond donors (Lipinski definition) is 1. The fourth-order valence-corrected chi connectivity index (χ4v) is 2.59. The first-order valence-corrected chi connectivity index (χ1v) is 7.36. The second-order valence-electron chi connectivity index (χ2n) is 3.75. The van der Waals surface area contributed by atoms with E-state index in [4.69, 9.17) is 4.55 Å². The van der Waals surface area contributed by atoms with E-state index in [-0.39, 0.29) is 4.90 Å². The van der Waals surface area contributed by atoms with Gasteiger partial charge in [-0.3, -0.25) is 4.55 Å². The van der Waals surface area contributed by atoms with Gasteiger partial charge in [-0.25, -0.2) is 4.98 Å². The second-order valence-corrected chi connectivity index (χ2v) is 5.95. The average Bonchev–Trinajstić information content (AvgIpc) is 2.31. The quantitative estimate of drug-likeness (QED) is 0.695. The van der Waals surface area contributed by atoms with Gasteiger partial charge in [0.05, 0.1) is 4.90 Å². The third-order valence-electron chi connectivity index (χ3n) is 2.43. The first kappa shape index (κ1) is 13.2. The monoisotopic (exact) mass is 327 g/mol. The number of hydrogen-bond acceptors (Lipinski definition) is 3. The standard InChI is InChI=1S/C12H10BrNO3S/c13-12-6-5-9(8-14-12)7-10-3-1-2-4-11(10)18(15,16)17/h1-6,8H,7H2,(H,15,16,17). The van der Waals surface area contributed by atoms with Crippen LogP contribution in [0.4, 0.5) is 0 Å². The lowest BCUT2D eigenvalue weighted by Crippen LogP contribution is -2.03. The van der Waals surface area contributed by atoms with Gasteiger partial charge < -0.3 is 0 Å². The Morgan fingerprint density at radius 2 is 1.89 bits per heavy atom. The largest absolute Gasteiger partial charge is 0.294 e. The van der Waals surface area contributed by atoms with Crippen molar-refractivity contribution in [2.24, 2.45) is 0 Å². The molecule has 1 aromatic heterocycles. The van der Waals surface area contributed by atoms with Crippen molar-refractivity contribution in [3.63, 3.8) is 0 Å². The Kier molecular flexibility index (Phi) is 3.79. The number of pyridine rings is 1. The van der Waals surface area contributed by atoms with Crippen molar-refractivity contribution in [2.75, 3.05) is 0 Å². The normalized spacial score (nSPS) is 11.4. The number of nitrogens with zero attached hydrogens (tertiary/aromatic N) is 1. The average molecular weight is 328 g/mol. The molecule has 1 N–H and O–H groups in total. The summed E-state index contributed by atoms with van der Waals surface area (Å²) in [6.45, 7) is 0. The fraction of sp³-hybridized carbons (Fsp3) is 0.0833. The Labute approximate surface area is 114 Å². The molecule has 0 bridgehead atoms. The molecule has 0 saturated carbocycles. The summed E-state index contributed by atoms with van der Waals surface area (Å²) in [6.07, 6.45) is 2.06. The highest BCUT2D eigenvalue weighted by atomic mass is 79.9. The van der Waals surface area contributed by atoms with E-state index in [0.717, 1.165) is 5.56 Å². The zero-order chi connectivity index (χ0) is 13.2. The van der Waals surface area contributed by atoms with E-state index >= 15 is 0 Å². The minimum atomic E-state index is -4.19. The van der Waals surface area contributed by atoms with Gasteiger partial charge in [-0.2, -0.15) is 8.42 Å². The molecule has 0 saturated heterocycles. The lowest BCUT2D eigenvalue weighted by Gasteiger charge is -2.06. The van der Waals surface area contributed by atoms with Crippen LogP contribution in [0.15, 0.2) is 52.1 Å². The summed E-state index contributed by atoms with van der Waals surface area (Å²) < 4.78 is 32.3. The van der Waals surface area contributed by atoms with Crippen molar-refractivity contribution in [1.82, 2.24) is 4.98 Å². The van der Waals surface area contributed by atoms with Crippen molar-refractivity contribution < 1.29 is 13.0 Å². The molecule has 0 atom stereocenters. The lowest BCUT2D eigenvalue weighted by atomic mass is 10.1. The molecule has 94 valence electrons. The molecule has 6 heteroatoms. The van der Waals surface area contributed by atoms with Gasteiger partial charge in [-0.15, -0.1) is 0 Å². The maximum absolute atomic E-state index is 11.2. The van der Waals surface area contributed by atoms with Crippen molar-refractivity contribution in [3.8, 4) is 0 Å². The first-order valence-electron chi connectivity index (χ1n) is 5.12. The summed E-state index contributed by atoms with van der Waals surface area (Å²) in [7, 11) is -4.19. The van der Waals surface area contributed by atoms with Gasteiger partial charge >= 0.3 is 0 Å². The van der Waals surface area contributed by atoms with E-state index in [1.807, 2.05) is 6.07 Å². The molecule has 18 heavy (non-hydrogen) atoms. The van der Waals surface area contributed by atoms with Crippen LogP contribution in [0.5, 0.6) is 0 Å². The molecule has 0 spiro atoms. The Morgan fingerprint density at radius 1 is 1.17 bits per heavy atom. The summed E-state index contributed by atoms with van der Waals surface area (Å²) >= 11 is 3.23. The molecule has 2 rings (SSSR count). The van der Waals surface area contributed by atoms with Gasteiger partial charge in [0.1, 0.15) is 4.60 Å². The van der Waals surface area contributed by atoms with Crippen LogP contribution >= 0.6 is 15.9 Å². The SMILES string of the molecule is O=S(=O)(O)c1ccccc1Cc1ccc(Br)nc1. The van der Waals surface area contributed by atoms with Crippen LogP contribution in [0.1, 0.15) is 11.1 Å². The Morgan fingerprint density at radius 3 is 2.50 bits per heavy atom. The number of halogens is 1. The molecule has 0 unspecified atom stereocenters. The summed E-state index contributed by atoms with van der Waals surface area (Å²) in [5.41, 5.74) is 1.42. The highest BCUT2D eigenvalue weighted by molar-refractivity contribution is 9.10. The van der Waals surface area contributed by atoms with Gasteiger partial charge in [0, 0.05) is 12.6 Å². The number of rotatable bonds is 3. The lowest BCUT2D eigenvalue weighted by molar-refractivity contribution is 0.482. The van der Waals surface area contributed by atoms with Gasteiger partial charge in [0.2, 0.25) is 0 Å². The molecule has 4 nitrogen and oxygen atoms in total. The van der Waals surface area contributed by atoms with Gasteiger partial charge in [0.15, 0.2) is 0 Å². The van der Waals surface area contributed by atoms with Crippen LogP contribution in [-0.2, 0) is 16.5 Å². The minimum absolute atomic E-state index is 0.0621. The third-order valence-corrected chi connectivity index (χ3v) is 3.86. The van der Waals surface area contributed by atoms with Crippen LogP contribution < -0.4 is 0 Å². The number of benzene rings is 1. The molecule has 0 aliphatic carbocycles. The van der Waals surface area contributed by atoms with E-state index in [0.29, 0.717) is 16.6 Å². The molecular formula is C12H10BrNO3S. The molecule has 1 heterocycles. The van der Waals surface area contributed by atoms with Gasteiger partial charge in [-0.05, 0) is 39.2 Å². The Hall–Kier alpha value is -1.24. The molecule has 0 aliphatic heterocycles. The van der Waals surface area contributed by atoms with E-state index in [1.54, 1.807) is 30.5 Å². The Balaban J connectivity index is 2.38. The molecule has 0 aliphatic rings. The topological polar surface area (TPSA) is 67.3 Å². The maximum atomic E-state index is 11.2. The Bertz CT molecular complexity index is 653. The van der Waals surface area contributed by atoms with E-state index in [2.05, 4.69) is 20.9 Å². The number of aromatic nitrogens is 1. The van der Waals surface area contributed by atoms with E-state index in [9.17, 15) is 8.42 Å². The van der Waals surface area contributed by atoms with Crippen LogP contribution in [0, 0.1) is 0 Å². The van der Waals surface area contributed by atoms with Gasteiger partial charge in [-0.1, -0.05) is 24.3 Å². The highest BCUT2D eigenvalue weighted by Gasteiger charge is 2.14. The summed E-state index contributed by atoms with van der Waals surface area (Å²) in [4.78, 5) is 4.01. The van der Waals surface area contributed by atoms with Crippen LogP contribution in [-0.4, -0.2) is 18.0 Å². The molecular weight excluding hydrogens is 318 g/mol. The minimum Gasteiger partial charge on any atom is -0.282 e. The zero-order valence-electron chi connectivity index (χ0n) is 9.25. The van der Waals surface area contributed by atoms with Crippen LogP contribution in [0.2, 0.25) is 0 Å². The van der Waals surface area contributed by atoms with Crippen molar-refractivity contribution in [3.05, 3.63) is 58.3 Å². The zero-order valence-corrected chi connectivity index (χ0v) is 11.6. The predicted molar refractivity (Wildman–Crippen MR) is 71.0 cm³/mol. The van der Waals surface area contributed by atoms with Gasteiger partial charge in [0.25, 0.3) is 10.1 Å². The first-order chi connectivity index (χ1) is 8.47. The van der Waals surface area contributed by atoms with E-state index < -0.39 is 10.1 Å². The van der Waals surface area contributed by atoms with Crippen molar-refractivity contribution >= 4 is 26.0 Å². The molecule has 0 amide bonds. The maximum Gasteiger partial charge on any atom is 0.294 e. The van der Waals surface area contributed by atoms with Crippen LogP contribution in [0.3, 0.4) is 0 Å². The van der Waals surface area contributed by atoms with Crippen LogP contribution in [0.25, 0.3) is 0 Å². The smallest absolute Gasteiger partial charge is 0.282 e. The summed E-state index contributed by atoms with van der Waals surface area (Å²) in [5.74, 6) is 0.